The number of rotatable bonds is 3. The van der Waals surface area contributed by atoms with Crippen molar-refractivity contribution in [2.45, 2.75) is 78.5 Å². The molecule has 0 spiro atoms. The van der Waals surface area contributed by atoms with Gasteiger partial charge in [-0.05, 0) is 50.9 Å². The lowest BCUT2D eigenvalue weighted by molar-refractivity contribution is -0.151. The van der Waals surface area contributed by atoms with E-state index >= 15 is 0 Å². The highest BCUT2D eigenvalue weighted by Gasteiger charge is 2.51. The van der Waals surface area contributed by atoms with Crippen LogP contribution in [0.2, 0.25) is 0 Å². The van der Waals surface area contributed by atoms with E-state index in [0.717, 1.165) is 19.3 Å². The van der Waals surface area contributed by atoms with Gasteiger partial charge in [-0.1, -0.05) is 27.2 Å². The molecule has 2 rings (SSSR count). The van der Waals surface area contributed by atoms with Crippen LogP contribution in [0.3, 0.4) is 0 Å². The van der Waals surface area contributed by atoms with E-state index in [-0.39, 0.29) is 17.7 Å². The standard InChI is InChI=1S/C19H32N2O5/c1-18(2,3)14(20-17(25)26-19(4,5)6)15(22)21-10-11-8-7-9-12(11)13(21)16(23)24/h11-14H,7-10H2,1-6H3,(H,20,25)(H,23,24). The Morgan fingerprint density at radius 2 is 1.73 bits per heavy atom. The van der Waals surface area contributed by atoms with Gasteiger partial charge in [-0.3, -0.25) is 4.79 Å². The lowest BCUT2D eigenvalue weighted by Gasteiger charge is -2.35. The predicted octanol–water partition coefficient (Wildman–Crippen LogP) is 2.64. The van der Waals surface area contributed by atoms with Gasteiger partial charge in [-0.2, -0.15) is 0 Å². The Hall–Kier alpha value is -1.79. The average molecular weight is 368 g/mol. The molecule has 0 aromatic carbocycles. The molecule has 1 aliphatic carbocycles. The van der Waals surface area contributed by atoms with Crippen molar-refractivity contribution < 1.29 is 24.2 Å². The Kier molecular flexibility index (Phi) is 5.59. The summed E-state index contributed by atoms with van der Waals surface area (Å²) in [5, 5.41) is 12.4. The number of carboxylic acid groups (broad SMARTS) is 1. The summed E-state index contributed by atoms with van der Waals surface area (Å²) in [6.07, 6.45) is 2.14. The third-order valence-electron chi connectivity index (χ3n) is 5.20. The van der Waals surface area contributed by atoms with Crippen molar-refractivity contribution in [1.29, 1.82) is 0 Å². The summed E-state index contributed by atoms with van der Waals surface area (Å²) in [6.45, 7) is 11.2. The van der Waals surface area contributed by atoms with Gasteiger partial charge in [-0.25, -0.2) is 9.59 Å². The van der Waals surface area contributed by atoms with Crippen molar-refractivity contribution in [1.82, 2.24) is 10.2 Å². The third-order valence-corrected chi connectivity index (χ3v) is 5.20. The van der Waals surface area contributed by atoms with Crippen LogP contribution in [0.25, 0.3) is 0 Å². The largest absolute Gasteiger partial charge is 0.480 e. The summed E-state index contributed by atoms with van der Waals surface area (Å²) in [5.41, 5.74) is -1.25. The van der Waals surface area contributed by atoms with E-state index in [4.69, 9.17) is 4.74 Å². The Morgan fingerprint density at radius 3 is 2.23 bits per heavy atom. The van der Waals surface area contributed by atoms with E-state index in [1.54, 1.807) is 20.8 Å². The molecule has 1 saturated heterocycles. The number of aliphatic carboxylic acids is 1. The first-order chi connectivity index (χ1) is 11.8. The van der Waals surface area contributed by atoms with Crippen molar-refractivity contribution in [3.8, 4) is 0 Å². The minimum atomic E-state index is -0.960. The maximum Gasteiger partial charge on any atom is 0.408 e. The van der Waals surface area contributed by atoms with Gasteiger partial charge < -0.3 is 20.1 Å². The molecule has 2 N–H and O–H groups in total. The zero-order valence-corrected chi connectivity index (χ0v) is 16.7. The molecule has 0 radical (unpaired) electrons. The number of carbonyl (C=O) groups is 3. The van der Waals surface area contributed by atoms with E-state index < -0.39 is 35.2 Å². The van der Waals surface area contributed by atoms with Crippen LogP contribution in [-0.4, -0.2) is 52.2 Å². The molecule has 7 nitrogen and oxygen atoms in total. The molecule has 4 atom stereocenters. The second kappa shape index (κ2) is 7.08. The van der Waals surface area contributed by atoms with Crippen molar-refractivity contribution in [3.05, 3.63) is 0 Å². The summed E-state index contributed by atoms with van der Waals surface area (Å²) in [5.74, 6) is -1.05. The molecule has 1 aliphatic heterocycles. The molecule has 0 aromatic rings. The van der Waals surface area contributed by atoms with Crippen molar-refractivity contribution in [3.63, 3.8) is 0 Å². The topological polar surface area (TPSA) is 95.9 Å². The monoisotopic (exact) mass is 368 g/mol. The van der Waals surface area contributed by atoms with E-state index in [0.29, 0.717) is 6.54 Å². The fourth-order valence-electron chi connectivity index (χ4n) is 4.09. The number of carboxylic acids is 1. The summed E-state index contributed by atoms with van der Waals surface area (Å²) < 4.78 is 5.29. The van der Waals surface area contributed by atoms with E-state index in [2.05, 4.69) is 5.32 Å². The minimum Gasteiger partial charge on any atom is -0.480 e. The van der Waals surface area contributed by atoms with Gasteiger partial charge >= 0.3 is 12.1 Å². The van der Waals surface area contributed by atoms with Gasteiger partial charge in [0.2, 0.25) is 5.91 Å². The minimum absolute atomic E-state index is 0.0126. The first kappa shape index (κ1) is 20.5. The Bertz CT molecular complexity index is 575. The number of likely N-dealkylation sites (tertiary alicyclic amines) is 1. The summed E-state index contributed by atoms with van der Waals surface area (Å²) in [4.78, 5) is 38.8. The number of hydrogen-bond donors (Lipinski definition) is 2. The van der Waals surface area contributed by atoms with Crippen LogP contribution in [0.5, 0.6) is 0 Å². The van der Waals surface area contributed by atoms with Gasteiger partial charge in [0, 0.05) is 6.54 Å². The fourth-order valence-corrected chi connectivity index (χ4v) is 4.09. The molecule has 1 saturated carbocycles. The van der Waals surface area contributed by atoms with Gasteiger partial charge in [0.05, 0.1) is 0 Å². The van der Waals surface area contributed by atoms with Crippen molar-refractivity contribution >= 4 is 18.0 Å². The van der Waals surface area contributed by atoms with Crippen molar-refractivity contribution in [2.24, 2.45) is 17.3 Å². The number of hydrogen-bond acceptors (Lipinski definition) is 4. The lowest BCUT2D eigenvalue weighted by Crippen LogP contribution is -2.57. The van der Waals surface area contributed by atoms with Crippen LogP contribution in [0.4, 0.5) is 4.79 Å². The third kappa shape index (κ3) is 4.48. The zero-order valence-electron chi connectivity index (χ0n) is 16.7. The molecule has 2 fully saturated rings. The number of nitrogens with one attached hydrogen (secondary N) is 1. The smallest absolute Gasteiger partial charge is 0.408 e. The number of carbonyl (C=O) groups excluding carboxylic acids is 2. The lowest BCUT2D eigenvalue weighted by atomic mass is 9.85. The molecule has 26 heavy (non-hydrogen) atoms. The normalized spacial score (nSPS) is 27.0. The first-order valence-electron chi connectivity index (χ1n) is 9.34. The highest BCUT2D eigenvalue weighted by Crippen LogP contribution is 2.43. The molecular weight excluding hydrogens is 336 g/mol. The molecule has 0 bridgehead atoms. The molecule has 2 amide bonds. The summed E-state index contributed by atoms with van der Waals surface area (Å²) in [7, 11) is 0. The Labute approximate surface area is 155 Å². The van der Waals surface area contributed by atoms with Crippen LogP contribution in [0.15, 0.2) is 0 Å². The molecule has 148 valence electrons. The molecule has 4 unspecified atom stereocenters. The van der Waals surface area contributed by atoms with Crippen molar-refractivity contribution in [2.75, 3.05) is 6.54 Å². The number of alkyl carbamates (subject to hydrolysis) is 1. The molecule has 7 heteroatoms. The van der Waals surface area contributed by atoms with E-state index in [9.17, 15) is 19.5 Å². The summed E-state index contributed by atoms with van der Waals surface area (Å²) >= 11 is 0. The SMILES string of the molecule is CC(C)(C)OC(=O)NC(C(=O)N1CC2CCCC2C1C(=O)O)C(C)(C)C. The second-order valence-electron chi connectivity index (χ2n) is 9.57. The zero-order chi connectivity index (χ0) is 19.9. The molecule has 0 aromatic heterocycles. The number of fused-ring (bicyclic) bond motifs is 1. The molecule has 1 heterocycles. The predicted molar refractivity (Wildman–Crippen MR) is 96.6 cm³/mol. The number of ether oxygens (including phenoxy) is 1. The van der Waals surface area contributed by atoms with E-state index in [1.807, 2.05) is 20.8 Å². The first-order valence-corrected chi connectivity index (χ1v) is 9.34. The second-order valence-corrected chi connectivity index (χ2v) is 9.57. The van der Waals surface area contributed by atoms with Crippen LogP contribution >= 0.6 is 0 Å². The number of nitrogens with zero attached hydrogens (tertiary/aromatic N) is 1. The summed E-state index contributed by atoms with van der Waals surface area (Å²) in [6, 6.07) is -1.65. The van der Waals surface area contributed by atoms with Gasteiger partial charge in [0.1, 0.15) is 17.7 Å². The van der Waals surface area contributed by atoms with Crippen LogP contribution in [0, 0.1) is 17.3 Å². The molecular formula is C19H32N2O5. The average Bonchev–Trinajstić information content (AvgIpc) is 3.00. The Balaban J connectivity index is 2.21. The highest BCUT2D eigenvalue weighted by atomic mass is 16.6. The maximum absolute atomic E-state index is 13.2. The van der Waals surface area contributed by atoms with Gasteiger partial charge in [0.15, 0.2) is 0 Å². The van der Waals surface area contributed by atoms with Gasteiger partial charge in [-0.15, -0.1) is 0 Å². The number of amides is 2. The van der Waals surface area contributed by atoms with E-state index in [1.165, 1.54) is 4.90 Å². The van der Waals surface area contributed by atoms with Crippen LogP contribution < -0.4 is 5.32 Å². The maximum atomic E-state index is 13.2. The van der Waals surface area contributed by atoms with Crippen LogP contribution in [-0.2, 0) is 14.3 Å². The van der Waals surface area contributed by atoms with Crippen LogP contribution in [0.1, 0.15) is 60.8 Å². The molecule has 2 aliphatic rings. The Morgan fingerprint density at radius 1 is 1.12 bits per heavy atom. The van der Waals surface area contributed by atoms with Gasteiger partial charge in [0.25, 0.3) is 0 Å². The highest BCUT2D eigenvalue weighted by molar-refractivity contribution is 5.90. The quantitative estimate of drug-likeness (QED) is 0.798. The fraction of sp³-hybridized carbons (Fsp3) is 0.842.